The highest BCUT2D eigenvalue weighted by Crippen LogP contribution is 2.19. The zero-order chi connectivity index (χ0) is 15.8. The maximum absolute atomic E-state index is 6.19. The molecule has 22 heavy (non-hydrogen) atoms. The Kier molecular flexibility index (Phi) is 6.64. The SMILES string of the molecule is COCCCNC(=S)Nc1nn(Cc2ccccc2)cc1Cl. The van der Waals surface area contributed by atoms with Crippen LogP contribution in [-0.2, 0) is 11.3 Å². The molecule has 118 valence electrons. The Labute approximate surface area is 140 Å². The van der Waals surface area contributed by atoms with Crippen molar-refractivity contribution in [1.29, 1.82) is 0 Å². The molecule has 0 aliphatic rings. The molecule has 0 spiro atoms. The summed E-state index contributed by atoms with van der Waals surface area (Å²) in [6.45, 7) is 2.10. The van der Waals surface area contributed by atoms with Crippen LogP contribution in [0.25, 0.3) is 0 Å². The number of nitrogens with zero attached hydrogens (tertiary/aromatic N) is 2. The summed E-state index contributed by atoms with van der Waals surface area (Å²) in [5, 5.41) is 11.5. The summed E-state index contributed by atoms with van der Waals surface area (Å²) in [4.78, 5) is 0. The molecule has 0 amide bonds. The van der Waals surface area contributed by atoms with E-state index in [9.17, 15) is 0 Å². The van der Waals surface area contributed by atoms with Crippen LogP contribution in [0, 0.1) is 0 Å². The van der Waals surface area contributed by atoms with Crippen LogP contribution in [0.3, 0.4) is 0 Å². The van der Waals surface area contributed by atoms with Crippen LogP contribution < -0.4 is 10.6 Å². The van der Waals surface area contributed by atoms with Crippen LogP contribution in [0.4, 0.5) is 5.82 Å². The summed E-state index contributed by atoms with van der Waals surface area (Å²) >= 11 is 11.4. The Morgan fingerprint density at radius 2 is 2.14 bits per heavy atom. The fraction of sp³-hybridized carbons (Fsp3) is 0.333. The molecule has 2 aromatic rings. The topological polar surface area (TPSA) is 51.1 Å². The van der Waals surface area contributed by atoms with Gasteiger partial charge in [-0.05, 0) is 24.2 Å². The molecule has 1 heterocycles. The van der Waals surface area contributed by atoms with Gasteiger partial charge in [-0.2, -0.15) is 5.10 Å². The maximum Gasteiger partial charge on any atom is 0.173 e. The van der Waals surface area contributed by atoms with E-state index in [1.165, 1.54) is 0 Å². The Bertz CT molecular complexity index is 603. The van der Waals surface area contributed by atoms with Crippen molar-refractivity contribution in [2.75, 3.05) is 25.6 Å². The van der Waals surface area contributed by atoms with E-state index in [-0.39, 0.29) is 0 Å². The van der Waals surface area contributed by atoms with Gasteiger partial charge in [0.2, 0.25) is 0 Å². The average molecular weight is 339 g/mol. The molecule has 1 aromatic carbocycles. The molecule has 0 saturated carbocycles. The van der Waals surface area contributed by atoms with Gasteiger partial charge < -0.3 is 15.4 Å². The highest BCUT2D eigenvalue weighted by atomic mass is 35.5. The highest BCUT2D eigenvalue weighted by Gasteiger charge is 2.08. The molecule has 5 nitrogen and oxygen atoms in total. The number of rotatable bonds is 7. The van der Waals surface area contributed by atoms with Crippen molar-refractivity contribution >= 4 is 34.7 Å². The molecule has 0 saturated heterocycles. The predicted octanol–water partition coefficient (Wildman–Crippen LogP) is 2.91. The summed E-state index contributed by atoms with van der Waals surface area (Å²) in [6.07, 6.45) is 2.67. The van der Waals surface area contributed by atoms with Crippen LogP contribution in [0.5, 0.6) is 0 Å². The first-order valence-corrected chi connectivity index (χ1v) is 7.78. The lowest BCUT2D eigenvalue weighted by Crippen LogP contribution is -2.30. The largest absolute Gasteiger partial charge is 0.385 e. The number of hydrogen-bond donors (Lipinski definition) is 2. The lowest BCUT2D eigenvalue weighted by molar-refractivity contribution is 0.196. The molecule has 1 aromatic heterocycles. The zero-order valence-electron chi connectivity index (χ0n) is 12.4. The number of methoxy groups -OCH3 is 1. The number of anilines is 1. The Morgan fingerprint density at radius 1 is 1.36 bits per heavy atom. The molecule has 0 atom stereocenters. The first kappa shape index (κ1) is 16.7. The Balaban J connectivity index is 1.88. The quantitative estimate of drug-likeness (QED) is 0.600. The second-order valence-corrected chi connectivity index (χ2v) is 5.55. The van der Waals surface area contributed by atoms with Gasteiger partial charge in [-0.1, -0.05) is 41.9 Å². The molecule has 7 heteroatoms. The minimum atomic E-state index is 0.503. The lowest BCUT2D eigenvalue weighted by atomic mass is 10.2. The van der Waals surface area contributed by atoms with E-state index in [0.29, 0.717) is 29.1 Å². The van der Waals surface area contributed by atoms with Crippen LogP contribution in [-0.4, -0.2) is 35.2 Å². The summed E-state index contributed by atoms with van der Waals surface area (Å²) < 4.78 is 6.77. The normalized spacial score (nSPS) is 10.5. The van der Waals surface area contributed by atoms with Crippen molar-refractivity contribution in [2.24, 2.45) is 0 Å². The molecular weight excluding hydrogens is 320 g/mol. The lowest BCUT2D eigenvalue weighted by Gasteiger charge is -2.08. The molecule has 0 bridgehead atoms. The number of hydrogen-bond acceptors (Lipinski definition) is 3. The maximum atomic E-state index is 6.19. The smallest absolute Gasteiger partial charge is 0.173 e. The predicted molar refractivity (Wildman–Crippen MR) is 93.5 cm³/mol. The first-order valence-electron chi connectivity index (χ1n) is 6.99. The monoisotopic (exact) mass is 338 g/mol. The van der Waals surface area contributed by atoms with E-state index in [1.54, 1.807) is 18.0 Å². The Hall–Kier alpha value is -1.63. The van der Waals surface area contributed by atoms with Gasteiger partial charge in [0, 0.05) is 26.5 Å². The van der Waals surface area contributed by atoms with Crippen molar-refractivity contribution in [2.45, 2.75) is 13.0 Å². The van der Waals surface area contributed by atoms with Gasteiger partial charge in [0.25, 0.3) is 0 Å². The van der Waals surface area contributed by atoms with Crippen LogP contribution in [0.2, 0.25) is 5.02 Å². The van der Waals surface area contributed by atoms with E-state index in [1.807, 2.05) is 30.3 Å². The minimum absolute atomic E-state index is 0.503. The van der Waals surface area contributed by atoms with Crippen molar-refractivity contribution in [3.8, 4) is 0 Å². The second kappa shape index (κ2) is 8.73. The third-order valence-corrected chi connectivity index (χ3v) is 3.47. The van der Waals surface area contributed by atoms with Crippen molar-refractivity contribution in [1.82, 2.24) is 15.1 Å². The van der Waals surface area contributed by atoms with Crippen molar-refractivity contribution < 1.29 is 4.74 Å². The third kappa shape index (κ3) is 5.29. The summed E-state index contributed by atoms with van der Waals surface area (Å²) in [6, 6.07) is 10.1. The van der Waals surface area contributed by atoms with Crippen LogP contribution in [0.15, 0.2) is 36.5 Å². The van der Waals surface area contributed by atoms with Gasteiger partial charge in [-0.25, -0.2) is 0 Å². The van der Waals surface area contributed by atoms with E-state index in [2.05, 4.69) is 15.7 Å². The number of benzene rings is 1. The van der Waals surface area contributed by atoms with Gasteiger partial charge in [-0.15, -0.1) is 0 Å². The molecule has 0 radical (unpaired) electrons. The van der Waals surface area contributed by atoms with Gasteiger partial charge in [0.05, 0.1) is 6.54 Å². The van der Waals surface area contributed by atoms with Gasteiger partial charge in [0.15, 0.2) is 10.9 Å². The van der Waals surface area contributed by atoms with Gasteiger partial charge >= 0.3 is 0 Å². The zero-order valence-corrected chi connectivity index (χ0v) is 14.0. The summed E-state index contributed by atoms with van der Waals surface area (Å²) in [5.41, 5.74) is 1.16. The van der Waals surface area contributed by atoms with Crippen molar-refractivity contribution in [3.05, 3.63) is 47.1 Å². The standard InChI is InChI=1S/C15H19ClN4OS/c1-21-9-5-8-17-15(22)18-14-13(16)11-20(19-14)10-12-6-3-2-4-7-12/h2-4,6-7,11H,5,8-10H2,1H3,(H2,17,18,19,22). The van der Waals surface area contributed by atoms with E-state index >= 15 is 0 Å². The molecule has 2 rings (SSSR count). The molecule has 0 fully saturated rings. The molecule has 0 unspecified atom stereocenters. The van der Waals surface area contributed by atoms with Crippen molar-refractivity contribution in [3.63, 3.8) is 0 Å². The Morgan fingerprint density at radius 3 is 2.86 bits per heavy atom. The fourth-order valence-electron chi connectivity index (χ4n) is 1.90. The van der Waals surface area contributed by atoms with Gasteiger partial charge in [-0.3, -0.25) is 4.68 Å². The molecule has 0 aliphatic heterocycles. The molecule has 2 N–H and O–H groups in total. The number of halogens is 1. The van der Waals surface area contributed by atoms with E-state index in [0.717, 1.165) is 18.5 Å². The summed E-state index contributed by atoms with van der Waals surface area (Å²) in [5.74, 6) is 0.557. The van der Waals surface area contributed by atoms with E-state index < -0.39 is 0 Å². The third-order valence-electron chi connectivity index (χ3n) is 2.95. The summed E-state index contributed by atoms with van der Waals surface area (Å²) in [7, 11) is 1.68. The van der Waals surface area contributed by atoms with Crippen LogP contribution >= 0.6 is 23.8 Å². The van der Waals surface area contributed by atoms with E-state index in [4.69, 9.17) is 28.6 Å². The number of thiocarbonyl (C=S) groups is 1. The molecule has 0 aliphatic carbocycles. The van der Waals surface area contributed by atoms with Crippen LogP contribution in [0.1, 0.15) is 12.0 Å². The highest BCUT2D eigenvalue weighted by molar-refractivity contribution is 7.80. The average Bonchev–Trinajstić information content (AvgIpc) is 2.84. The van der Waals surface area contributed by atoms with Gasteiger partial charge in [0.1, 0.15) is 5.02 Å². The fourth-order valence-corrected chi connectivity index (χ4v) is 2.30. The number of nitrogens with one attached hydrogen (secondary N) is 2. The number of ether oxygens (including phenoxy) is 1. The molecular formula is C15H19ClN4OS. The second-order valence-electron chi connectivity index (χ2n) is 4.74. The first-order chi connectivity index (χ1) is 10.7. The number of aromatic nitrogens is 2. The minimum Gasteiger partial charge on any atom is -0.385 e.